The molecule has 5 heteroatoms. The van der Waals surface area contributed by atoms with E-state index in [1.165, 1.54) is 104 Å². The first kappa shape index (κ1) is 71.9. The summed E-state index contributed by atoms with van der Waals surface area (Å²) >= 11 is 1.85. The standard InChI is InChI=1S/C11H16.C10H21N.2C10H14.C8H16O.2C8H12O.C8H12S/c1-9(2)7-11-6-4-5-10(3)8-11;1-4-11-7-5-6-10(11)8-9(2)3;2*1-9(2)8-10-6-4-3-5-7-10;4*1-7(2)6-8-4-3-5-9-8/h4-6,8-9H,7H2,1-3H3;9-10H,4-8H2,1-3H3;2*3-7,9H,8H2,1-2H3;7-8H,3-6H2,1-2H3;3*3-5,7H,6H2,1-2H3. The van der Waals surface area contributed by atoms with Gasteiger partial charge in [0.15, 0.2) is 0 Å². The number of furan rings is 2. The lowest BCUT2D eigenvalue weighted by Gasteiger charge is -2.23. The van der Waals surface area contributed by atoms with Gasteiger partial charge in [0.05, 0.1) is 18.6 Å². The zero-order chi connectivity index (χ0) is 58.1. The molecule has 2 unspecified atom stereocenters. The molecule has 2 atom stereocenters. The molecular formula is C73H117NO3S. The summed E-state index contributed by atoms with van der Waals surface area (Å²) in [5, 5.41) is 2.14. The first-order chi connectivity index (χ1) is 37.1. The largest absolute Gasteiger partial charge is 0.469 e. The molecule has 5 heterocycles. The van der Waals surface area contributed by atoms with Crippen molar-refractivity contribution in [2.75, 3.05) is 19.7 Å². The van der Waals surface area contributed by atoms with Crippen LogP contribution in [0, 0.1) is 54.3 Å². The lowest BCUT2D eigenvalue weighted by atomic mass is 10.0. The predicted octanol–water partition coefficient (Wildman–Crippen LogP) is 21.6. The van der Waals surface area contributed by atoms with Crippen molar-refractivity contribution in [3.63, 3.8) is 0 Å². The second-order valence-electron chi connectivity index (χ2n) is 25.1. The van der Waals surface area contributed by atoms with E-state index in [4.69, 9.17) is 13.6 Å². The van der Waals surface area contributed by atoms with Crippen LogP contribution in [0.25, 0.3) is 0 Å². The molecule has 6 aromatic rings. The van der Waals surface area contributed by atoms with Gasteiger partial charge in [-0.1, -0.05) is 214 Å². The van der Waals surface area contributed by atoms with Gasteiger partial charge in [-0.2, -0.15) is 0 Å². The molecule has 0 saturated carbocycles. The van der Waals surface area contributed by atoms with Crippen LogP contribution >= 0.6 is 11.3 Å². The van der Waals surface area contributed by atoms with Crippen LogP contribution in [0.2, 0.25) is 0 Å². The second kappa shape index (κ2) is 44.6. The molecule has 2 saturated heterocycles. The number of ether oxygens (including phenoxy) is 1. The van der Waals surface area contributed by atoms with Crippen LogP contribution in [0.4, 0.5) is 0 Å². The highest BCUT2D eigenvalue weighted by atomic mass is 32.1. The summed E-state index contributed by atoms with van der Waals surface area (Å²) in [4.78, 5) is 4.13. The van der Waals surface area contributed by atoms with Gasteiger partial charge in [0.25, 0.3) is 0 Å². The van der Waals surface area contributed by atoms with Crippen molar-refractivity contribution in [3.05, 3.63) is 178 Å². The van der Waals surface area contributed by atoms with E-state index in [1.807, 2.05) is 35.6 Å². The number of hydrogen-bond donors (Lipinski definition) is 0. The summed E-state index contributed by atoms with van der Waals surface area (Å²) in [7, 11) is 0. The van der Waals surface area contributed by atoms with Crippen LogP contribution in [-0.4, -0.2) is 36.7 Å². The first-order valence-corrected chi connectivity index (χ1v) is 31.6. The number of hydrogen-bond acceptors (Lipinski definition) is 5. The minimum atomic E-state index is 0.588. The van der Waals surface area contributed by atoms with E-state index in [1.54, 1.807) is 12.5 Å². The van der Waals surface area contributed by atoms with Crippen molar-refractivity contribution in [2.24, 2.45) is 47.3 Å². The topological polar surface area (TPSA) is 38.8 Å². The van der Waals surface area contributed by atoms with E-state index >= 15 is 0 Å². The number of thiophene rings is 1. The van der Waals surface area contributed by atoms with Crippen LogP contribution < -0.4 is 0 Å². The average Bonchev–Trinajstić information content (AvgIpc) is 4.24. The van der Waals surface area contributed by atoms with Crippen LogP contribution in [0.1, 0.15) is 195 Å². The highest BCUT2D eigenvalue weighted by Crippen LogP contribution is 2.23. The van der Waals surface area contributed by atoms with Crippen molar-refractivity contribution in [3.8, 4) is 0 Å². The van der Waals surface area contributed by atoms with Gasteiger partial charge < -0.3 is 18.5 Å². The predicted molar refractivity (Wildman–Crippen MR) is 345 cm³/mol. The lowest BCUT2D eigenvalue weighted by molar-refractivity contribution is 0.0939. The Morgan fingerprint density at radius 3 is 1.31 bits per heavy atom. The second-order valence-corrected chi connectivity index (χ2v) is 26.1. The number of likely N-dealkylation sites (tertiary alicyclic amines) is 1. The van der Waals surface area contributed by atoms with Gasteiger partial charge >= 0.3 is 0 Å². The number of nitrogens with zero attached hydrogens (tertiary/aromatic N) is 1. The van der Waals surface area contributed by atoms with Crippen LogP contribution in [0.15, 0.2) is 148 Å². The summed E-state index contributed by atoms with van der Waals surface area (Å²) in [6, 6.07) is 43.1. The van der Waals surface area contributed by atoms with E-state index in [9.17, 15) is 0 Å². The van der Waals surface area contributed by atoms with Crippen molar-refractivity contribution < 1.29 is 13.6 Å². The molecule has 78 heavy (non-hydrogen) atoms. The van der Waals surface area contributed by atoms with Crippen molar-refractivity contribution in [1.82, 2.24) is 4.90 Å². The minimum absolute atomic E-state index is 0.588. The van der Waals surface area contributed by atoms with E-state index in [0.29, 0.717) is 17.9 Å². The minimum Gasteiger partial charge on any atom is -0.469 e. The molecule has 3 aromatic heterocycles. The summed E-state index contributed by atoms with van der Waals surface area (Å²) in [6.45, 7) is 43.9. The van der Waals surface area contributed by atoms with Crippen molar-refractivity contribution in [2.45, 2.75) is 214 Å². The third-order valence-electron chi connectivity index (χ3n) is 12.7. The zero-order valence-electron chi connectivity index (χ0n) is 53.2. The molecule has 2 aliphatic heterocycles. The molecule has 0 bridgehead atoms. The molecule has 438 valence electrons. The highest BCUT2D eigenvalue weighted by Gasteiger charge is 2.23. The van der Waals surface area contributed by atoms with Gasteiger partial charge in [0.2, 0.25) is 0 Å². The molecule has 4 nitrogen and oxygen atoms in total. The maximum absolute atomic E-state index is 5.46. The Balaban J connectivity index is 0.000000446. The van der Waals surface area contributed by atoms with E-state index in [0.717, 1.165) is 72.5 Å². The van der Waals surface area contributed by atoms with Gasteiger partial charge in [-0.25, -0.2) is 0 Å². The fourth-order valence-corrected chi connectivity index (χ4v) is 10.4. The summed E-state index contributed by atoms with van der Waals surface area (Å²) in [6.07, 6.45) is 19.0. The maximum atomic E-state index is 5.46. The molecule has 0 aliphatic carbocycles. The van der Waals surface area contributed by atoms with Crippen molar-refractivity contribution in [1.29, 1.82) is 0 Å². The first-order valence-electron chi connectivity index (χ1n) is 30.7. The Labute approximate surface area is 486 Å². The monoisotopic (exact) mass is 1090 g/mol. The van der Waals surface area contributed by atoms with Crippen LogP contribution in [0.5, 0.6) is 0 Å². The molecule has 3 aromatic carbocycles. The fourth-order valence-electron chi connectivity index (χ4n) is 9.45. The van der Waals surface area contributed by atoms with Gasteiger partial charge in [-0.15, -0.1) is 11.3 Å². The average molecular weight is 1090 g/mol. The summed E-state index contributed by atoms with van der Waals surface area (Å²) < 4.78 is 15.8. The Hall–Kier alpha value is -4.16. The lowest BCUT2D eigenvalue weighted by Crippen LogP contribution is -2.30. The third-order valence-corrected chi connectivity index (χ3v) is 13.6. The molecule has 0 radical (unpaired) electrons. The smallest absolute Gasteiger partial charge is 0.104 e. The molecular weight excluding hydrogens is 971 g/mol. The number of benzene rings is 3. The molecule has 2 fully saturated rings. The SMILES string of the molecule is CC(C)CC1CCCO1.CC(C)Cc1ccccc1.CC(C)Cc1ccccc1.CC(C)Cc1ccco1.CC(C)Cc1ccco1.CC(C)Cc1cccs1.CCN1CCCC1CC(C)C.Cc1cccc(CC(C)C)c1. The summed E-state index contributed by atoms with van der Waals surface area (Å²) in [5.74, 6) is 8.31. The normalized spacial score (nSPS) is 14.7. The Bertz CT molecular complexity index is 2000. The van der Waals surface area contributed by atoms with E-state index in [-0.39, 0.29) is 0 Å². The van der Waals surface area contributed by atoms with Crippen molar-refractivity contribution >= 4 is 11.3 Å². The summed E-state index contributed by atoms with van der Waals surface area (Å²) in [5.41, 5.74) is 5.71. The molecule has 0 N–H and O–H groups in total. The Morgan fingerprint density at radius 2 is 0.936 bits per heavy atom. The maximum Gasteiger partial charge on any atom is 0.104 e. The van der Waals surface area contributed by atoms with Crippen LogP contribution in [-0.2, 0) is 43.3 Å². The van der Waals surface area contributed by atoms with Gasteiger partial charge in [-0.3, -0.25) is 0 Å². The quantitative estimate of drug-likeness (QED) is 0.0912. The van der Waals surface area contributed by atoms with Gasteiger partial charge in [0.1, 0.15) is 11.5 Å². The fraction of sp³-hybridized carbons (Fsp3) is 0.589. The van der Waals surface area contributed by atoms with E-state index in [2.05, 4.69) is 232 Å². The number of rotatable bonds is 17. The van der Waals surface area contributed by atoms with Crippen LogP contribution in [0.3, 0.4) is 0 Å². The Kier molecular flexibility index (Phi) is 41.1. The van der Waals surface area contributed by atoms with Gasteiger partial charge in [0, 0.05) is 30.4 Å². The van der Waals surface area contributed by atoms with E-state index < -0.39 is 0 Å². The molecule has 2 aliphatic rings. The highest BCUT2D eigenvalue weighted by molar-refractivity contribution is 7.09. The number of aryl methyl sites for hydroxylation is 1. The van der Waals surface area contributed by atoms with Gasteiger partial charge in [-0.05, 0) is 184 Å². The Morgan fingerprint density at radius 1 is 0.462 bits per heavy atom. The molecule has 8 rings (SSSR count). The zero-order valence-corrected chi connectivity index (χ0v) is 54.1. The molecule has 0 spiro atoms. The third kappa shape index (κ3) is 40.9. The molecule has 0 amide bonds.